The van der Waals surface area contributed by atoms with E-state index in [2.05, 4.69) is 6.92 Å². The van der Waals surface area contributed by atoms with Gasteiger partial charge in [0.25, 0.3) is 0 Å². The third kappa shape index (κ3) is 12.3. The molecule has 0 aromatic carbocycles. The molecule has 0 aliphatic carbocycles. The Labute approximate surface area is 150 Å². The highest BCUT2D eigenvalue weighted by Crippen LogP contribution is 2.16. The predicted molar refractivity (Wildman–Crippen MR) is 103 cm³/mol. The number of sulfone groups is 1. The molecule has 24 heavy (non-hydrogen) atoms. The zero-order valence-electron chi connectivity index (χ0n) is 15.9. The van der Waals surface area contributed by atoms with Crippen LogP contribution in [-0.4, -0.2) is 32.6 Å². The van der Waals surface area contributed by atoms with Crippen LogP contribution in [0.15, 0.2) is 0 Å². The van der Waals surface area contributed by atoms with Crippen LogP contribution < -0.4 is 0 Å². The highest BCUT2D eigenvalue weighted by atomic mass is 32.2. The van der Waals surface area contributed by atoms with Gasteiger partial charge in [-0.2, -0.15) is 0 Å². The summed E-state index contributed by atoms with van der Waals surface area (Å²) in [4.78, 5) is 0. The fourth-order valence-electron chi connectivity index (χ4n) is 3.44. The zero-order valence-corrected chi connectivity index (χ0v) is 16.8. The molecule has 0 amide bonds. The number of hydrogen-bond acceptors (Lipinski definition) is 3. The van der Waals surface area contributed by atoms with Crippen LogP contribution >= 0.6 is 0 Å². The van der Waals surface area contributed by atoms with Crippen molar-refractivity contribution >= 4 is 9.84 Å². The summed E-state index contributed by atoms with van der Waals surface area (Å²) in [6, 6.07) is 0. The van der Waals surface area contributed by atoms with E-state index in [4.69, 9.17) is 4.74 Å². The molecule has 1 atom stereocenters. The van der Waals surface area contributed by atoms with Crippen molar-refractivity contribution in [1.82, 2.24) is 0 Å². The molecule has 0 spiro atoms. The highest BCUT2D eigenvalue weighted by Gasteiger charge is 2.28. The summed E-state index contributed by atoms with van der Waals surface area (Å²) in [5.74, 6) is 0.558. The Bertz CT molecular complexity index is 378. The van der Waals surface area contributed by atoms with Crippen LogP contribution in [-0.2, 0) is 14.6 Å². The number of ether oxygens (including phenoxy) is 1. The minimum atomic E-state index is -2.79. The summed E-state index contributed by atoms with van der Waals surface area (Å²) in [6.07, 6.45) is 19.7. The average Bonchev–Trinajstić information content (AvgIpc) is 2.90. The molecule has 1 rings (SSSR count). The molecule has 1 saturated heterocycles. The van der Waals surface area contributed by atoms with Crippen molar-refractivity contribution in [3.05, 3.63) is 0 Å². The van der Waals surface area contributed by atoms with Crippen LogP contribution in [0, 0.1) is 0 Å². The molecule has 0 radical (unpaired) electrons. The fourth-order valence-corrected chi connectivity index (χ4v) is 5.06. The summed E-state index contributed by atoms with van der Waals surface area (Å²) < 4.78 is 28.3. The molecule has 144 valence electrons. The Balaban J connectivity index is 1.72. The van der Waals surface area contributed by atoms with Crippen molar-refractivity contribution in [3.63, 3.8) is 0 Å². The van der Waals surface area contributed by atoms with Gasteiger partial charge in [0.15, 0.2) is 9.84 Å². The average molecular weight is 361 g/mol. The molecule has 1 aliphatic heterocycles. The lowest BCUT2D eigenvalue weighted by atomic mass is 10.0. The van der Waals surface area contributed by atoms with Crippen molar-refractivity contribution in [2.24, 2.45) is 0 Å². The van der Waals surface area contributed by atoms with Crippen LogP contribution in [0.4, 0.5) is 0 Å². The molecular formula is C20H40O3S. The minimum absolute atomic E-state index is 0.0306. The lowest BCUT2D eigenvalue weighted by molar-refractivity contribution is 0.0680. The molecule has 1 aliphatic rings. The Hall–Kier alpha value is -0.0900. The van der Waals surface area contributed by atoms with E-state index in [1.54, 1.807) is 0 Å². The molecule has 0 saturated carbocycles. The monoisotopic (exact) mass is 360 g/mol. The van der Waals surface area contributed by atoms with Crippen molar-refractivity contribution in [2.75, 3.05) is 18.1 Å². The van der Waals surface area contributed by atoms with Crippen LogP contribution in [0.5, 0.6) is 0 Å². The third-order valence-electron chi connectivity index (χ3n) is 5.04. The first-order valence-corrected chi connectivity index (χ1v) is 12.3. The van der Waals surface area contributed by atoms with Gasteiger partial charge in [-0.1, -0.05) is 90.4 Å². The Morgan fingerprint density at radius 1 is 0.750 bits per heavy atom. The van der Waals surface area contributed by atoms with Gasteiger partial charge in [-0.05, 0) is 12.8 Å². The fraction of sp³-hybridized carbons (Fsp3) is 1.00. The van der Waals surface area contributed by atoms with E-state index in [0.29, 0.717) is 12.2 Å². The van der Waals surface area contributed by atoms with Gasteiger partial charge >= 0.3 is 0 Å². The Morgan fingerprint density at radius 3 is 1.62 bits per heavy atom. The zero-order chi connectivity index (χ0) is 17.5. The van der Waals surface area contributed by atoms with Crippen LogP contribution in [0.1, 0.15) is 103 Å². The molecule has 0 bridgehead atoms. The van der Waals surface area contributed by atoms with Gasteiger partial charge in [-0.25, -0.2) is 8.42 Å². The molecule has 0 aromatic heterocycles. The SMILES string of the molecule is CCCCCCCCCCCCCCCCO[C@H]1CCS(=O)(=O)C1. The lowest BCUT2D eigenvalue weighted by Crippen LogP contribution is -2.15. The van der Waals surface area contributed by atoms with Crippen LogP contribution in [0.25, 0.3) is 0 Å². The van der Waals surface area contributed by atoms with Gasteiger partial charge < -0.3 is 4.74 Å². The first kappa shape index (κ1) is 22.0. The van der Waals surface area contributed by atoms with E-state index >= 15 is 0 Å². The van der Waals surface area contributed by atoms with Crippen LogP contribution in [0.3, 0.4) is 0 Å². The molecule has 0 aromatic rings. The summed E-state index contributed by atoms with van der Waals surface area (Å²) in [6.45, 7) is 3.01. The van der Waals surface area contributed by atoms with Crippen LogP contribution in [0.2, 0.25) is 0 Å². The maximum Gasteiger partial charge on any atom is 0.152 e. The number of unbranched alkanes of at least 4 members (excludes halogenated alkanes) is 13. The second kappa shape index (κ2) is 14.1. The van der Waals surface area contributed by atoms with Crippen molar-refractivity contribution in [1.29, 1.82) is 0 Å². The van der Waals surface area contributed by atoms with Gasteiger partial charge in [0.05, 0.1) is 17.6 Å². The first-order chi connectivity index (χ1) is 11.6. The minimum Gasteiger partial charge on any atom is -0.377 e. The van der Waals surface area contributed by atoms with E-state index in [1.165, 1.54) is 83.5 Å². The molecule has 0 unspecified atom stereocenters. The molecule has 3 nitrogen and oxygen atoms in total. The van der Waals surface area contributed by atoms with Crippen molar-refractivity contribution in [2.45, 2.75) is 109 Å². The normalized spacial score (nSPS) is 19.8. The highest BCUT2D eigenvalue weighted by molar-refractivity contribution is 7.91. The van der Waals surface area contributed by atoms with E-state index in [-0.39, 0.29) is 11.9 Å². The van der Waals surface area contributed by atoms with Gasteiger partial charge in [-0.15, -0.1) is 0 Å². The lowest BCUT2D eigenvalue weighted by Gasteiger charge is -2.09. The maximum atomic E-state index is 11.3. The van der Waals surface area contributed by atoms with Crippen molar-refractivity contribution in [3.8, 4) is 0 Å². The quantitative estimate of drug-likeness (QED) is 0.333. The summed E-state index contributed by atoms with van der Waals surface area (Å²) >= 11 is 0. The maximum absolute atomic E-state index is 11.3. The molecule has 0 N–H and O–H groups in total. The third-order valence-corrected chi connectivity index (χ3v) is 6.78. The smallest absolute Gasteiger partial charge is 0.152 e. The number of hydrogen-bond donors (Lipinski definition) is 0. The van der Waals surface area contributed by atoms with E-state index in [0.717, 1.165) is 13.0 Å². The topological polar surface area (TPSA) is 43.4 Å². The first-order valence-electron chi connectivity index (χ1n) is 10.5. The standard InChI is InChI=1S/C20H40O3S/c1-2-3-4-5-6-7-8-9-10-11-12-13-14-15-17-23-20-16-18-24(21,22)19-20/h20H,2-19H2,1H3/t20-/m0/s1. The molecular weight excluding hydrogens is 320 g/mol. The summed E-state index contributed by atoms with van der Waals surface area (Å²) in [5.41, 5.74) is 0. The largest absolute Gasteiger partial charge is 0.377 e. The molecule has 4 heteroatoms. The van der Waals surface area contributed by atoms with E-state index < -0.39 is 9.84 Å². The van der Waals surface area contributed by atoms with E-state index in [9.17, 15) is 8.42 Å². The molecule has 1 heterocycles. The van der Waals surface area contributed by atoms with Gasteiger partial charge in [0, 0.05) is 6.61 Å². The predicted octanol–water partition coefficient (Wildman–Crippen LogP) is 5.67. The number of rotatable bonds is 16. The molecule has 1 fully saturated rings. The summed E-state index contributed by atoms with van der Waals surface area (Å²) in [7, 11) is -2.79. The van der Waals surface area contributed by atoms with Gasteiger partial charge in [0.2, 0.25) is 0 Å². The van der Waals surface area contributed by atoms with E-state index in [1.807, 2.05) is 0 Å². The second-order valence-electron chi connectivity index (χ2n) is 7.49. The van der Waals surface area contributed by atoms with Gasteiger partial charge in [0.1, 0.15) is 0 Å². The van der Waals surface area contributed by atoms with Gasteiger partial charge in [-0.3, -0.25) is 0 Å². The summed E-state index contributed by atoms with van der Waals surface area (Å²) in [5, 5.41) is 0. The Morgan fingerprint density at radius 2 is 1.21 bits per heavy atom. The van der Waals surface area contributed by atoms with Crippen molar-refractivity contribution < 1.29 is 13.2 Å². The second-order valence-corrected chi connectivity index (χ2v) is 9.72. The Kier molecular flexibility index (Phi) is 12.9.